The summed E-state index contributed by atoms with van der Waals surface area (Å²) in [5, 5.41) is 16.4. The quantitative estimate of drug-likeness (QED) is 0.792. The van der Waals surface area contributed by atoms with E-state index in [0.717, 1.165) is 10.9 Å². The van der Waals surface area contributed by atoms with Crippen molar-refractivity contribution < 1.29 is 18.3 Å². The summed E-state index contributed by atoms with van der Waals surface area (Å²) >= 11 is 0. The van der Waals surface area contributed by atoms with Crippen molar-refractivity contribution in [1.29, 1.82) is 0 Å². The highest BCUT2D eigenvalue weighted by Gasteiger charge is 2.22. The Kier molecular flexibility index (Phi) is 3.02. The number of sulfonamides is 1. The van der Waals surface area contributed by atoms with Crippen LogP contribution in [0.25, 0.3) is 0 Å². The fraction of sp³-hybridized carbons (Fsp3) is 0.222. The largest absolute Gasteiger partial charge is 0.477 e. The predicted molar refractivity (Wildman–Crippen MR) is 64.2 cm³/mol. The number of hydrogen-bond acceptors (Lipinski definition) is 5. The van der Waals surface area contributed by atoms with Gasteiger partial charge >= 0.3 is 5.97 Å². The third-order valence-electron chi connectivity index (χ3n) is 2.39. The number of nitrogens with one attached hydrogen (secondary N) is 1. The normalized spacial score (nSPS) is 11.5. The predicted octanol–water partition coefficient (Wildman–Crippen LogP) is -0.347. The Morgan fingerprint density at radius 2 is 2.00 bits per heavy atom. The molecule has 0 spiro atoms. The zero-order valence-corrected chi connectivity index (χ0v) is 10.9. The van der Waals surface area contributed by atoms with Gasteiger partial charge in [0.15, 0.2) is 5.82 Å². The molecule has 9 nitrogen and oxygen atoms in total. The number of carboxylic acid groups (broad SMARTS) is 1. The molecule has 10 heteroatoms. The molecule has 2 rings (SSSR count). The van der Waals surface area contributed by atoms with Crippen LogP contribution in [0.15, 0.2) is 23.5 Å². The van der Waals surface area contributed by atoms with Gasteiger partial charge in [-0.15, -0.1) is 0 Å². The summed E-state index contributed by atoms with van der Waals surface area (Å²) in [5.41, 5.74) is -0.227. The molecule has 2 aromatic heterocycles. The SMILES string of the molecule is Cn1cc(S(=O)(=O)Nc2c(C(=O)O)cnn2C)cn1. The smallest absolute Gasteiger partial charge is 0.341 e. The van der Waals surface area contributed by atoms with Gasteiger partial charge < -0.3 is 5.11 Å². The molecule has 0 aliphatic carbocycles. The van der Waals surface area contributed by atoms with E-state index in [1.165, 1.54) is 24.1 Å². The molecule has 19 heavy (non-hydrogen) atoms. The third-order valence-corrected chi connectivity index (χ3v) is 3.69. The number of rotatable bonds is 4. The van der Waals surface area contributed by atoms with Gasteiger partial charge in [-0.1, -0.05) is 0 Å². The molecule has 0 bridgehead atoms. The lowest BCUT2D eigenvalue weighted by molar-refractivity contribution is 0.0698. The summed E-state index contributed by atoms with van der Waals surface area (Å²) < 4.78 is 28.7. The van der Waals surface area contributed by atoms with Crippen LogP contribution in [0.5, 0.6) is 0 Å². The lowest BCUT2D eigenvalue weighted by Gasteiger charge is -2.07. The molecule has 0 unspecified atom stereocenters. The molecule has 0 fully saturated rings. The number of hydrogen-bond donors (Lipinski definition) is 2. The molecule has 2 heterocycles. The highest BCUT2D eigenvalue weighted by molar-refractivity contribution is 7.92. The molecule has 0 saturated carbocycles. The van der Waals surface area contributed by atoms with Crippen molar-refractivity contribution >= 4 is 21.8 Å². The van der Waals surface area contributed by atoms with Crippen molar-refractivity contribution in [2.45, 2.75) is 4.90 Å². The second-order valence-corrected chi connectivity index (χ2v) is 5.47. The van der Waals surface area contributed by atoms with Gasteiger partial charge in [0.2, 0.25) is 0 Å². The van der Waals surface area contributed by atoms with E-state index < -0.39 is 16.0 Å². The van der Waals surface area contributed by atoms with Gasteiger partial charge in [-0.3, -0.25) is 14.1 Å². The van der Waals surface area contributed by atoms with Crippen molar-refractivity contribution in [2.75, 3.05) is 4.72 Å². The summed E-state index contributed by atoms with van der Waals surface area (Å²) in [6.07, 6.45) is 3.54. The first-order chi connectivity index (χ1) is 8.81. The average Bonchev–Trinajstić information content (AvgIpc) is 2.87. The van der Waals surface area contributed by atoms with Crippen LogP contribution in [-0.2, 0) is 24.1 Å². The van der Waals surface area contributed by atoms with Crippen molar-refractivity contribution in [3.63, 3.8) is 0 Å². The van der Waals surface area contributed by atoms with Gasteiger partial charge in [0.25, 0.3) is 10.0 Å². The van der Waals surface area contributed by atoms with E-state index in [1.54, 1.807) is 7.05 Å². The monoisotopic (exact) mass is 285 g/mol. The van der Waals surface area contributed by atoms with Crippen molar-refractivity contribution in [3.05, 3.63) is 24.2 Å². The van der Waals surface area contributed by atoms with Crippen LogP contribution in [-0.4, -0.2) is 39.1 Å². The Morgan fingerprint density at radius 1 is 1.32 bits per heavy atom. The third kappa shape index (κ3) is 2.42. The molecule has 0 atom stereocenters. The molecule has 102 valence electrons. The fourth-order valence-corrected chi connectivity index (χ4v) is 2.53. The lowest BCUT2D eigenvalue weighted by Crippen LogP contribution is -2.17. The van der Waals surface area contributed by atoms with E-state index in [2.05, 4.69) is 14.9 Å². The minimum atomic E-state index is -3.90. The first kappa shape index (κ1) is 13.1. The summed E-state index contributed by atoms with van der Waals surface area (Å²) in [5.74, 6) is -1.38. The first-order valence-electron chi connectivity index (χ1n) is 5.08. The van der Waals surface area contributed by atoms with Crippen LogP contribution in [0.2, 0.25) is 0 Å². The standard InChI is InChI=1S/C9H11N5O4S/c1-13-5-6(3-10-13)19(17,18)12-8-7(9(15)16)4-11-14(8)2/h3-5,12H,1-2H3,(H,15,16). The van der Waals surface area contributed by atoms with Gasteiger partial charge in [0.1, 0.15) is 10.5 Å². The maximum atomic E-state index is 12.0. The number of aryl methyl sites for hydroxylation is 2. The van der Waals surface area contributed by atoms with Gasteiger partial charge in [0.05, 0.1) is 12.4 Å². The number of aromatic carboxylic acids is 1. The molecule has 0 aliphatic heterocycles. The van der Waals surface area contributed by atoms with Crippen molar-refractivity contribution in [1.82, 2.24) is 19.6 Å². The topological polar surface area (TPSA) is 119 Å². The van der Waals surface area contributed by atoms with Crippen molar-refractivity contribution in [3.8, 4) is 0 Å². The molecule has 0 aromatic carbocycles. The molecular weight excluding hydrogens is 274 g/mol. The van der Waals surface area contributed by atoms with Gasteiger partial charge in [-0.05, 0) is 0 Å². The van der Waals surface area contributed by atoms with E-state index in [9.17, 15) is 13.2 Å². The van der Waals surface area contributed by atoms with Gasteiger partial charge in [0, 0.05) is 20.3 Å². The number of anilines is 1. The Labute approximate surface area is 108 Å². The van der Waals surface area contributed by atoms with Crippen molar-refractivity contribution in [2.24, 2.45) is 14.1 Å². The molecule has 2 N–H and O–H groups in total. The molecular formula is C9H11N5O4S. The summed E-state index contributed by atoms with van der Waals surface area (Å²) in [6.45, 7) is 0. The van der Waals surface area contributed by atoms with Crippen LogP contribution in [0.4, 0.5) is 5.82 Å². The van der Waals surface area contributed by atoms with Crippen LogP contribution in [0, 0.1) is 0 Å². The highest BCUT2D eigenvalue weighted by atomic mass is 32.2. The molecule has 2 aromatic rings. The Bertz CT molecular complexity index is 730. The van der Waals surface area contributed by atoms with Crippen LogP contribution >= 0.6 is 0 Å². The number of nitrogens with zero attached hydrogens (tertiary/aromatic N) is 4. The Hall–Kier alpha value is -2.36. The maximum Gasteiger partial charge on any atom is 0.341 e. The molecule has 0 radical (unpaired) electrons. The zero-order valence-electron chi connectivity index (χ0n) is 10.1. The molecule has 0 aliphatic rings. The fourth-order valence-electron chi connectivity index (χ4n) is 1.44. The number of carbonyl (C=O) groups is 1. The van der Waals surface area contributed by atoms with Crippen LogP contribution in [0.3, 0.4) is 0 Å². The van der Waals surface area contributed by atoms with E-state index in [4.69, 9.17) is 5.11 Å². The minimum absolute atomic E-state index is 0.0625. The second-order valence-electron chi connectivity index (χ2n) is 3.79. The molecule has 0 amide bonds. The van der Waals surface area contributed by atoms with Gasteiger partial charge in [-0.2, -0.15) is 10.2 Å². The first-order valence-corrected chi connectivity index (χ1v) is 6.56. The maximum absolute atomic E-state index is 12.0. The second kappa shape index (κ2) is 4.39. The number of aromatic nitrogens is 4. The Morgan fingerprint density at radius 3 is 2.53 bits per heavy atom. The average molecular weight is 285 g/mol. The summed E-state index contributed by atoms with van der Waals surface area (Å²) in [6, 6.07) is 0. The number of carboxylic acids is 1. The molecule has 0 saturated heterocycles. The van der Waals surface area contributed by atoms with Gasteiger partial charge in [-0.25, -0.2) is 13.2 Å². The van der Waals surface area contributed by atoms with E-state index in [1.807, 2.05) is 0 Å². The van der Waals surface area contributed by atoms with E-state index >= 15 is 0 Å². The lowest BCUT2D eigenvalue weighted by atomic mass is 10.3. The minimum Gasteiger partial charge on any atom is -0.477 e. The summed E-state index contributed by atoms with van der Waals surface area (Å²) in [7, 11) is -0.885. The highest BCUT2D eigenvalue weighted by Crippen LogP contribution is 2.19. The van der Waals surface area contributed by atoms with Crippen LogP contribution in [0.1, 0.15) is 10.4 Å². The summed E-state index contributed by atoms with van der Waals surface area (Å²) in [4.78, 5) is 10.9. The van der Waals surface area contributed by atoms with E-state index in [0.29, 0.717) is 0 Å². The van der Waals surface area contributed by atoms with E-state index in [-0.39, 0.29) is 16.3 Å². The zero-order chi connectivity index (χ0) is 14.2. The Balaban J connectivity index is 2.41. The van der Waals surface area contributed by atoms with Crippen LogP contribution < -0.4 is 4.72 Å².